The molecule has 4 N–H and O–H groups in total. The Morgan fingerprint density at radius 3 is 2.38 bits per heavy atom. The summed E-state index contributed by atoms with van der Waals surface area (Å²) in [5.41, 5.74) is 0.186. The van der Waals surface area contributed by atoms with Gasteiger partial charge in [0, 0.05) is 17.9 Å². The third-order valence-electron chi connectivity index (χ3n) is 14.0. The summed E-state index contributed by atoms with van der Waals surface area (Å²) < 4.78 is 29.6. The van der Waals surface area contributed by atoms with Crippen LogP contribution in [-0.2, 0) is 28.5 Å². The first kappa shape index (κ1) is 32.4. The fourth-order valence-corrected chi connectivity index (χ4v) is 11.2. The normalized spacial score (nSPS) is 54.9. The highest BCUT2D eigenvalue weighted by Crippen LogP contribution is 2.70. The van der Waals surface area contributed by atoms with Crippen LogP contribution in [0.25, 0.3) is 0 Å². The Morgan fingerprint density at radius 1 is 0.844 bits per heavy atom. The molecule has 16 unspecified atom stereocenters. The maximum atomic E-state index is 12.5. The van der Waals surface area contributed by atoms with Crippen molar-refractivity contribution in [3.05, 3.63) is 11.6 Å². The number of hydrogen-bond donors (Lipinski definition) is 4. The molecule has 0 spiro atoms. The molecule has 45 heavy (non-hydrogen) atoms. The van der Waals surface area contributed by atoms with Crippen LogP contribution in [0.4, 0.5) is 0 Å². The summed E-state index contributed by atoms with van der Waals surface area (Å²) in [5, 5.41) is 44.7. The summed E-state index contributed by atoms with van der Waals surface area (Å²) >= 11 is 0. The van der Waals surface area contributed by atoms with E-state index in [-0.39, 0.29) is 40.8 Å². The van der Waals surface area contributed by atoms with Crippen molar-refractivity contribution in [2.24, 2.45) is 34.5 Å². The second-order valence-corrected chi connectivity index (χ2v) is 16.0. The molecule has 6 fully saturated rings. The largest absolute Gasteiger partial charge is 0.458 e. The van der Waals surface area contributed by atoms with Crippen molar-refractivity contribution < 1.29 is 48.9 Å². The summed E-state index contributed by atoms with van der Waals surface area (Å²) in [7, 11) is 0. The number of aliphatic hydroxyl groups excluding tert-OH is 3. The van der Waals surface area contributed by atoms with Gasteiger partial charge in [-0.15, -0.1) is 0 Å². The van der Waals surface area contributed by atoms with E-state index in [0.29, 0.717) is 31.3 Å². The van der Waals surface area contributed by atoms with Gasteiger partial charge in [-0.3, -0.25) is 0 Å². The van der Waals surface area contributed by atoms with Gasteiger partial charge < -0.3 is 44.1 Å². The molecule has 7 aliphatic rings. The van der Waals surface area contributed by atoms with Crippen LogP contribution in [0.3, 0.4) is 0 Å². The number of carbonyl (C=O) groups is 1. The Bertz CT molecular complexity index is 1160. The molecule has 0 aromatic carbocycles. The maximum Gasteiger partial charge on any atom is 0.331 e. The summed E-state index contributed by atoms with van der Waals surface area (Å²) in [4.78, 5) is 11.9. The smallest absolute Gasteiger partial charge is 0.331 e. The van der Waals surface area contributed by atoms with Crippen LogP contribution in [0.15, 0.2) is 11.6 Å². The molecule has 16 atom stereocenters. The van der Waals surface area contributed by atoms with Crippen molar-refractivity contribution in [1.29, 1.82) is 0 Å². The second kappa shape index (κ2) is 11.8. The average Bonchev–Trinajstić information content (AvgIpc) is 3.55. The number of esters is 1. The number of hydrogen-bond acceptors (Lipinski definition) is 10. The van der Waals surface area contributed by atoms with Gasteiger partial charge in [0.1, 0.15) is 24.9 Å². The van der Waals surface area contributed by atoms with Crippen molar-refractivity contribution in [3.63, 3.8) is 0 Å². The number of rotatable bonds is 5. The lowest BCUT2D eigenvalue weighted by molar-refractivity contribution is -0.340. The van der Waals surface area contributed by atoms with Gasteiger partial charge in [-0.05, 0) is 113 Å². The minimum absolute atomic E-state index is 0.0805. The lowest BCUT2D eigenvalue weighted by atomic mass is 9.43. The third kappa shape index (κ3) is 5.25. The molecule has 10 nitrogen and oxygen atoms in total. The fourth-order valence-electron chi connectivity index (χ4n) is 11.2. The van der Waals surface area contributed by atoms with Gasteiger partial charge in [-0.25, -0.2) is 4.79 Å². The van der Waals surface area contributed by atoms with E-state index in [0.717, 1.165) is 63.4 Å². The van der Waals surface area contributed by atoms with Crippen molar-refractivity contribution in [2.45, 2.75) is 159 Å². The third-order valence-corrected chi connectivity index (χ3v) is 14.0. The molecule has 0 amide bonds. The number of fused-ring (bicyclic) bond motifs is 5. The zero-order valence-electron chi connectivity index (χ0n) is 27.3. The summed E-state index contributed by atoms with van der Waals surface area (Å²) in [6, 6.07) is 0. The first-order chi connectivity index (χ1) is 21.3. The van der Waals surface area contributed by atoms with Crippen LogP contribution in [0, 0.1) is 34.5 Å². The van der Waals surface area contributed by atoms with E-state index in [1.165, 1.54) is 0 Å². The van der Waals surface area contributed by atoms with Crippen LogP contribution in [0.1, 0.15) is 98.3 Å². The fraction of sp³-hybridized carbons (Fsp3) is 0.914. The van der Waals surface area contributed by atoms with E-state index >= 15 is 0 Å². The van der Waals surface area contributed by atoms with E-state index in [4.69, 9.17) is 23.7 Å². The van der Waals surface area contributed by atoms with E-state index < -0.39 is 48.7 Å². The van der Waals surface area contributed by atoms with Gasteiger partial charge in [0.25, 0.3) is 0 Å². The summed E-state index contributed by atoms with van der Waals surface area (Å²) in [5.74, 6) is 1.07. The number of ether oxygens (including phenoxy) is 5. The summed E-state index contributed by atoms with van der Waals surface area (Å²) in [6.07, 6.45) is 4.86. The van der Waals surface area contributed by atoms with Gasteiger partial charge in [0.2, 0.25) is 0 Å². The van der Waals surface area contributed by atoms with Crippen LogP contribution in [0.2, 0.25) is 0 Å². The van der Waals surface area contributed by atoms with Gasteiger partial charge in [0.05, 0.1) is 30.0 Å². The van der Waals surface area contributed by atoms with Crippen LogP contribution >= 0.6 is 0 Å². The van der Waals surface area contributed by atoms with Gasteiger partial charge in [0.15, 0.2) is 12.6 Å². The molecule has 254 valence electrons. The van der Waals surface area contributed by atoms with Crippen LogP contribution in [0.5, 0.6) is 0 Å². The highest BCUT2D eigenvalue weighted by molar-refractivity contribution is 5.85. The predicted molar refractivity (Wildman–Crippen MR) is 161 cm³/mol. The summed E-state index contributed by atoms with van der Waals surface area (Å²) in [6.45, 7) is 8.62. The highest BCUT2D eigenvalue weighted by Gasteiger charge is 2.67. The molecular weight excluding hydrogens is 580 g/mol. The zero-order chi connectivity index (χ0) is 31.9. The quantitative estimate of drug-likeness (QED) is 0.263. The van der Waals surface area contributed by atoms with Crippen molar-refractivity contribution in [1.82, 2.24) is 0 Å². The Morgan fingerprint density at radius 2 is 1.64 bits per heavy atom. The first-order valence-corrected chi connectivity index (χ1v) is 17.6. The van der Waals surface area contributed by atoms with Crippen molar-refractivity contribution in [2.75, 3.05) is 6.61 Å². The van der Waals surface area contributed by atoms with Gasteiger partial charge in [-0.2, -0.15) is 0 Å². The topological polar surface area (TPSA) is 144 Å². The molecule has 0 radical (unpaired) electrons. The molecule has 4 aliphatic carbocycles. The first-order valence-electron chi connectivity index (χ1n) is 17.6. The SMILES string of the molecule is CC1OC(OC2C(O)C(C)OC(OC3CCC4(C)C(CCC5C4CCC4(C)C(C6=CC(=O)OC6)CCC54O)C3)C2O)CCC1O. The lowest BCUT2D eigenvalue weighted by Gasteiger charge is -2.64. The van der Waals surface area contributed by atoms with E-state index in [1.807, 2.05) is 0 Å². The minimum Gasteiger partial charge on any atom is -0.458 e. The van der Waals surface area contributed by atoms with Crippen LogP contribution < -0.4 is 0 Å². The molecule has 3 aliphatic heterocycles. The van der Waals surface area contributed by atoms with E-state index in [1.54, 1.807) is 19.9 Å². The highest BCUT2D eigenvalue weighted by atomic mass is 16.7. The minimum atomic E-state index is -1.18. The molecule has 4 saturated carbocycles. The van der Waals surface area contributed by atoms with Crippen molar-refractivity contribution in [3.8, 4) is 0 Å². The molecule has 10 heteroatoms. The van der Waals surface area contributed by atoms with E-state index in [9.17, 15) is 25.2 Å². The molecule has 0 aromatic heterocycles. The monoisotopic (exact) mass is 634 g/mol. The second-order valence-electron chi connectivity index (χ2n) is 16.0. The molecule has 7 rings (SSSR count). The van der Waals surface area contributed by atoms with Crippen LogP contribution in [-0.4, -0.2) is 93.9 Å². The number of carbonyl (C=O) groups excluding carboxylic acids is 1. The zero-order valence-corrected chi connectivity index (χ0v) is 27.3. The molecule has 2 saturated heterocycles. The van der Waals surface area contributed by atoms with Gasteiger partial charge >= 0.3 is 5.97 Å². The Labute approximate surface area is 266 Å². The molecular formula is C35H54O10. The maximum absolute atomic E-state index is 12.5. The lowest BCUT2D eigenvalue weighted by Crippen LogP contribution is -2.63. The van der Waals surface area contributed by atoms with Gasteiger partial charge in [-0.1, -0.05) is 13.8 Å². The van der Waals surface area contributed by atoms with Crippen molar-refractivity contribution >= 4 is 5.97 Å². The van der Waals surface area contributed by atoms with E-state index in [2.05, 4.69) is 13.8 Å². The number of aliphatic hydroxyl groups is 4. The predicted octanol–water partition coefficient (Wildman–Crippen LogP) is 3.37. The Balaban J connectivity index is 1.00. The standard InChI is InChI=1S/C35H54O10/c1-18-26(36)7-8-28(42-18)45-31-29(38)19(2)43-32(30(31)39)44-22-9-12-33(3)21(16-22)5-6-25-24(33)10-13-34(4)23(11-14-35(25,34)40)20-15-27(37)41-17-20/h15,18-19,21-26,28-32,36,38-40H,5-14,16-17H2,1-4H3. The number of cyclic esters (lactones) is 1. The molecule has 3 heterocycles. The molecule has 0 aromatic rings. The Hall–Kier alpha value is -1.11. The Kier molecular flexibility index (Phi) is 8.50. The molecule has 0 bridgehead atoms. The average molecular weight is 635 g/mol.